The molecule has 1 heterocycles. The molecule has 1 aromatic rings. The predicted octanol–water partition coefficient (Wildman–Crippen LogP) is 2.32. The molecule has 4 nitrogen and oxygen atoms in total. The van der Waals surface area contributed by atoms with E-state index in [0.29, 0.717) is 5.75 Å². The summed E-state index contributed by atoms with van der Waals surface area (Å²) in [5.74, 6) is 0.553. The maximum atomic E-state index is 11.8. The molecular weight excluding hydrogens is 285 g/mol. The smallest absolute Gasteiger partial charge is 0.491 e. The highest BCUT2D eigenvalue weighted by molar-refractivity contribution is 5.56. The summed E-state index contributed by atoms with van der Waals surface area (Å²) in [6.07, 6.45) is -4.61. The Labute approximate surface area is 121 Å². The van der Waals surface area contributed by atoms with E-state index in [-0.39, 0.29) is 6.61 Å². The highest BCUT2D eigenvalue weighted by Gasteiger charge is 2.28. The molecular formula is C14H19F3N2O2. The molecule has 118 valence electrons. The topological polar surface area (TPSA) is 33.7 Å². The van der Waals surface area contributed by atoms with Gasteiger partial charge in [-0.25, -0.2) is 0 Å². The van der Waals surface area contributed by atoms with Crippen LogP contribution in [0.3, 0.4) is 0 Å². The molecule has 1 aromatic carbocycles. The minimum absolute atomic E-state index is 0.133. The third-order valence-corrected chi connectivity index (χ3v) is 3.24. The van der Waals surface area contributed by atoms with Crippen LogP contribution in [0.1, 0.15) is 5.56 Å². The van der Waals surface area contributed by atoms with E-state index in [9.17, 15) is 13.2 Å². The lowest BCUT2D eigenvalue weighted by molar-refractivity contribution is -0.325. The third kappa shape index (κ3) is 5.09. The van der Waals surface area contributed by atoms with Gasteiger partial charge in [-0.05, 0) is 30.7 Å². The minimum Gasteiger partial charge on any atom is -0.491 e. The van der Waals surface area contributed by atoms with Crippen molar-refractivity contribution in [3.05, 3.63) is 23.8 Å². The fraction of sp³-hybridized carbons (Fsp3) is 0.571. The van der Waals surface area contributed by atoms with Gasteiger partial charge in [-0.3, -0.25) is 4.74 Å². The van der Waals surface area contributed by atoms with Crippen molar-refractivity contribution in [3.63, 3.8) is 0 Å². The van der Waals surface area contributed by atoms with Gasteiger partial charge >= 0.3 is 6.36 Å². The van der Waals surface area contributed by atoms with E-state index in [4.69, 9.17) is 4.74 Å². The van der Waals surface area contributed by atoms with Crippen LogP contribution in [0.2, 0.25) is 0 Å². The van der Waals surface area contributed by atoms with Crippen LogP contribution in [0.25, 0.3) is 0 Å². The SMILES string of the molecule is Cc1cc(OCCOC(F)(F)F)ccc1N1CCNCC1. The van der Waals surface area contributed by atoms with Crippen LogP contribution >= 0.6 is 0 Å². The molecule has 1 saturated heterocycles. The first kappa shape index (κ1) is 15.9. The molecule has 2 rings (SSSR count). The van der Waals surface area contributed by atoms with Gasteiger partial charge in [0, 0.05) is 31.9 Å². The van der Waals surface area contributed by atoms with Crippen molar-refractivity contribution in [1.29, 1.82) is 0 Å². The van der Waals surface area contributed by atoms with E-state index in [1.54, 1.807) is 6.07 Å². The fourth-order valence-corrected chi connectivity index (χ4v) is 2.30. The van der Waals surface area contributed by atoms with Crippen LogP contribution in [0.4, 0.5) is 18.9 Å². The molecule has 1 aliphatic heterocycles. The third-order valence-electron chi connectivity index (χ3n) is 3.24. The Kier molecular flexibility index (Phi) is 5.30. The van der Waals surface area contributed by atoms with Crippen LogP contribution in [0.15, 0.2) is 18.2 Å². The van der Waals surface area contributed by atoms with Gasteiger partial charge in [0.1, 0.15) is 12.4 Å². The molecule has 0 bridgehead atoms. The zero-order valence-corrected chi connectivity index (χ0v) is 11.9. The number of nitrogens with one attached hydrogen (secondary N) is 1. The van der Waals surface area contributed by atoms with Gasteiger partial charge in [-0.15, -0.1) is 13.2 Å². The van der Waals surface area contributed by atoms with Crippen LogP contribution < -0.4 is 15.0 Å². The molecule has 7 heteroatoms. The number of aryl methyl sites for hydroxylation is 1. The quantitative estimate of drug-likeness (QED) is 0.847. The summed E-state index contributed by atoms with van der Waals surface area (Å²) >= 11 is 0. The highest BCUT2D eigenvalue weighted by atomic mass is 19.4. The Morgan fingerprint density at radius 1 is 1.19 bits per heavy atom. The Bertz CT molecular complexity index is 460. The van der Waals surface area contributed by atoms with Gasteiger partial charge in [0.05, 0.1) is 6.61 Å². The van der Waals surface area contributed by atoms with Crippen LogP contribution in [-0.2, 0) is 4.74 Å². The molecule has 0 spiro atoms. The molecule has 0 aromatic heterocycles. The van der Waals surface area contributed by atoms with Crippen LogP contribution in [0, 0.1) is 6.92 Å². The van der Waals surface area contributed by atoms with Gasteiger partial charge in [0.2, 0.25) is 0 Å². The number of alkyl halides is 3. The fourth-order valence-electron chi connectivity index (χ4n) is 2.30. The second kappa shape index (κ2) is 7.00. The summed E-state index contributed by atoms with van der Waals surface area (Å²) in [7, 11) is 0. The molecule has 0 unspecified atom stereocenters. The normalized spacial score (nSPS) is 16.1. The Hall–Kier alpha value is -1.47. The molecule has 1 fully saturated rings. The average Bonchev–Trinajstić information content (AvgIpc) is 2.44. The largest absolute Gasteiger partial charge is 0.522 e. The van der Waals surface area contributed by atoms with Gasteiger partial charge in [0.15, 0.2) is 0 Å². The summed E-state index contributed by atoms with van der Waals surface area (Å²) in [6.45, 7) is 5.12. The lowest BCUT2D eigenvalue weighted by Crippen LogP contribution is -2.43. The van der Waals surface area contributed by atoms with Gasteiger partial charge in [-0.1, -0.05) is 0 Å². The van der Waals surface area contributed by atoms with Crippen LogP contribution in [0.5, 0.6) is 5.75 Å². The molecule has 1 aliphatic rings. The number of piperazine rings is 1. The van der Waals surface area contributed by atoms with Crippen molar-refractivity contribution >= 4 is 5.69 Å². The lowest BCUT2D eigenvalue weighted by atomic mass is 10.1. The number of ether oxygens (including phenoxy) is 2. The zero-order chi connectivity index (χ0) is 15.3. The maximum Gasteiger partial charge on any atom is 0.522 e. The molecule has 0 radical (unpaired) electrons. The van der Waals surface area contributed by atoms with Crippen molar-refractivity contribution in [2.45, 2.75) is 13.3 Å². The highest BCUT2D eigenvalue weighted by Crippen LogP contribution is 2.25. The molecule has 0 atom stereocenters. The minimum atomic E-state index is -4.61. The van der Waals surface area contributed by atoms with Crippen molar-refractivity contribution in [2.24, 2.45) is 0 Å². The van der Waals surface area contributed by atoms with E-state index in [1.165, 1.54) is 0 Å². The first-order chi connectivity index (χ1) is 9.96. The number of halogens is 3. The monoisotopic (exact) mass is 304 g/mol. The van der Waals surface area contributed by atoms with E-state index < -0.39 is 13.0 Å². The molecule has 0 saturated carbocycles. The molecule has 21 heavy (non-hydrogen) atoms. The number of rotatable bonds is 5. The Morgan fingerprint density at radius 2 is 1.90 bits per heavy atom. The molecule has 1 N–H and O–H groups in total. The number of hydrogen-bond acceptors (Lipinski definition) is 4. The van der Waals surface area contributed by atoms with Crippen molar-refractivity contribution in [3.8, 4) is 5.75 Å². The van der Waals surface area contributed by atoms with Crippen molar-refractivity contribution in [2.75, 3.05) is 44.3 Å². The van der Waals surface area contributed by atoms with Gasteiger partial charge < -0.3 is 15.0 Å². The average molecular weight is 304 g/mol. The second-order valence-corrected chi connectivity index (χ2v) is 4.83. The summed E-state index contributed by atoms with van der Waals surface area (Å²) in [6, 6.07) is 5.56. The van der Waals surface area contributed by atoms with E-state index in [0.717, 1.165) is 37.4 Å². The number of hydrogen-bond donors (Lipinski definition) is 1. The predicted molar refractivity (Wildman–Crippen MR) is 73.8 cm³/mol. The summed E-state index contributed by atoms with van der Waals surface area (Å²) in [4.78, 5) is 2.28. The second-order valence-electron chi connectivity index (χ2n) is 4.83. The van der Waals surface area contributed by atoms with Gasteiger partial charge in [0.25, 0.3) is 0 Å². The number of anilines is 1. The van der Waals surface area contributed by atoms with E-state index in [2.05, 4.69) is 15.0 Å². The first-order valence-electron chi connectivity index (χ1n) is 6.85. The van der Waals surface area contributed by atoms with Gasteiger partial charge in [-0.2, -0.15) is 0 Å². The molecule has 0 aliphatic carbocycles. The number of benzene rings is 1. The van der Waals surface area contributed by atoms with Crippen LogP contribution in [-0.4, -0.2) is 45.8 Å². The summed E-state index contributed by atoms with van der Waals surface area (Å²) < 4.78 is 44.4. The van der Waals surface area contributed by atoms with Crippen molar-refractivity contribution < 1.29 is 22.6 Å². The number of nitrogens with zero attached hydrogens (tertiary/aromatic N) is 1. The maximum absolute atomic E-state index is 11.8. The Balaban J connectivity index is 1.86. The summed E-state index contributed by atoms with van der Waals surface area (Å²) in [5.41, 5.74) is 2.18. The van der Waals surface area contributed by atoms with E-state index in [1.807, 2.05) is 19.1 Å². The first-order valence-corrected chi connectivity index (χ1v) is 6.85. The molecule has 0 amide bonds. The Morgan fingerprint density at radius 3 is 2.52 bits per heavy atom. The van der Waals surface area contributed by atoms with E-state index >= 15 is 0 Å². The van der Waals surface area contributed by atoms with Crippen molar-refractivity contribution in [1.82, 2.24) is 5.32 Å². The lowest BCUT2D eigenvalue weighted by Gasteiger charge is -2.30. The zero-order valence-electron chi connectivity index (χ0n) is 11.9. The summed E-state index contributed by atoms with van der Waals surface area (Å²) in [5, 5.41) is 3.29. The standard InChI is InChI=1S/C14H19F3N2O2/c1-11-10-12(20-8-9-21-14(15,16)17)2-3-13(11)19-6-4-18-5-7-19/h2-3,10,18H,4-9H2,1H3.